The van der Waals surface area contributed by atoms with E-state index in [-0.39, 0.29) is 27.9 Å². The third-order valence-electron chi connectivity index (χ3n) is 6.67. The fraction of sp³-hybridized carbons (Fsp3) is 0.250. The first kappa shape index (κ1) is 26.7. The lowest BCUT2D eigenvalue weighted by atomic mass is 9.93. The quantitative estimate of drug-likeness (QED) is 0.199. The van der Waals surface area contributed by atoms with E-state index in [4.69, 9.17) is 0 Å². The van der Waals surface area contributed by atoms with Gasteiger partial charge in [0.15, 0.2) is 0 Å². The molecule has 4 rings (SSSR count). The summed E-state index contributed by atoms with van der Waals surface area (Å²) >= 11 is 0. The molecule has 0 radical (unpaired) electrons. The van der Waals surface area contributed by atoms with Crippen LogP contribution in [-0.2, 0) is 0 Å². The number of hydrogen-bond acceptors (Lipinski definition) is 2. The molecule has 186 valence electrons. The molecule has 4 heteroatoms. The van der Waals surface area contributed by atoms with E-state index in [1.807, 2.05) is 0 Å². The fourth-order valence-electron chi connectivity index (χ4n) is 4.58. The zero-order valence-electron chi connectivity index (χ0n) is 21.4. The van der Waals surface area contributed by atoms with Crippen molar-refractivity contribution in [2.75, 3.05) is 38.7 Å². The number of rotatable bonds is 13. The summed E-state index contributed by atoms with van der Waals surface area (Å²) < 4.78 is 0. The number of nitrogens with one attached hydrogen (secondary N) is 2. The minimum absolute atomic E-state index is 0.174. The van der Waals surface area contributed by atoms with Crippen molar-refractivity contribution in [2.45, 2.75) is 12.1 Å². The maximum absolute atomic E-state index is 3.96. The van der Waals surface area contributed by atoms with Crippen LogP contribution < -0.4 is 21.2 Å². The van der Waals surface area contributed by atoms with Crippen molar-refractivity contribution in [3.63, 3.8) is 0 Å². The van der Waals surface area contributed by atoms with E-state index in [2.05, 4.69) is 145 Å². The third-order valence-corrected chi connectivity index (χ3v) is 10.8. The van der Waals surface area contributed by atoms with E-state index < -0.39 is 0 Å². The highest BCUT2D eigenvalue weighted by atomic mass is 31.1. The van der Waals surface area contributed by atoms with Gasteiger partial charge in [-0.1, -0.05) is 137 Å². The molecule has 2 unspecified atom stereocenters. The zero-order valence-corrected chi connectivity index (χ0v) is 23.2. The number of benzene rings is 4. The van der Waals surface area contributed by atoms with Gasteiger partial charge in [-0.05, 0) is 60.5 Å². The monoisotopic (exact) mass is 512 g/mol. The Labute approximate surface area is 220 Å². The Kier molecular flexibility index (Phi) is 10.7. The normalized spacial score (nSPS) is 14.6. The maximum Gasteiger partial charge on any atom is 0.0518 e. The van der Waals surface area contributed by atoms with Crippen LogP contribution in [-0.4, -0.2) is 38.7 Å². The third kappa shape index (κ3) is 7.83. The molecule has 4 atom stereocenters. The first-order valence-electron chi connectivity index (χ1n) is 12.8. The maximum atomic E-state index is 3.96. The first-order chi connectivity index (χ1) is 17.7. The van der Waals surface area contributed by atoms with Crippen molar-refractivity contribution in [3.8, 4) is 0 Å². The van der Waals surface area contributed by atoms with Crippen LogP contribution in [0.5, 0.6) is 0 Å². The van der Waals surface area contributed by atoms with E-state index >= 15 is 0 Å². The predicted octanol–water partition coefficient (Wildman–Crippen LogP) is 6.52. The van der Waals surface area contributed by atoms with Crippen LogP contribution in [0.4, 0.5) is 0 Å². The molecule has 0 heterocycles. The van der Waals surface area contributed by atoms with E-state index in [9.17, 15) is 0 Å². The summed E-state index contributed by atoms with van der Waals surface area (Å²) in [5.41, 5.74) is 2.67. The minimum atomic E-state index is -0.174. The molecule has 0 aromatic heterocycles. The Balaban J connectivity index is 1.48. The average Bonchev–Trinajstić information content (AvgIpc) is 2.95. The van der Waals surface area contributed by atoms with Gasteiger partial charge in [-0.3, -0.25) is 0 Å². The lowest BCUT2D eigenvalue weighted by molar-refractivity contribution is 0.399. The van der Waals surface area contributed by atoms with Crippen LogP contribution in [0.3, 0.4) is 0 Å². The standard InChI is InChI=1S/C32H38N2P2/c1-35(29-19-11-5-12-20-29)25-23-33-31(27-15-7-3-8-16-27)32(28-17-9-4-10-18-28)34-24-26-36(2)30-21-13-6-14-22-30/h3-22,31-34H,23-26H2,1-2H3/t31-,32-,35?,36?/m0/s1. The van der Waals surface area contributed by atoms with Crippen LogP contribution in [0.1, 0.15) is 23.2 Å². The van der Waals surface area contributed by atoms with Gasteiger partial charge in [0.1, 0.15) is 0 Å². The number of hydrogen-bond donors (Lipinski definition) is 2. The second kappa shape index (κ2) is 14.4. The van der Waals surface area contributed by atoms with Crippen molar-refractivity contribution < 1.29 is 0 Å². The summed E-state index contributed by atoms with van der Waals surface area (Å²) in [7, 11) is -0.349. The van der Waals surface area contributed by atoms with Gasteiger partial charge in [-0.15, -0.1) is 0 Å². The SMILES string of the molecule is CP(CCN[C@@H](c1ccccc1)[C@@H](NCCP(C)c1ccccc1)c1ccccc1)c1ccccc1. The molecule has 2 nitrogen and oxygen atoms in total. The summed E-state index contributed by atoms with van der Waals surface area (Å²) in [6.07, 6.45) is 2.33. The molecular weight excluding hydrogens is 474 g/mol. The summed E-state index contributed by atoms with van der Waals surface area (Å²) in [4.78, 5) is 0. The predicted molar refractivity (Wildman–Crippen MR) is 162 cm³/mol. The van der Waals surface area contributed by atoms with Gasteiger partial charge >= 0.3 is 0 Å². The Morgan fingerprint density at radius 2 is 0.778 bits per heavy atom. The molecule has 2 N–H and O–H groups in total. The van der Waals surface area contributed by atoms with Gasteiger partial charge in [0.25, 0.3) is 0 Å². The van der Waals surface area contributed by atoms with E-state index in [1.54, 1.807) is 0 Å². The van der Waals surface area contributed by atoms with Crippen LogP contribution in [0.15, 0.2) is 121 Å². The summed E-state index contributed by atoms with van der Waals surface area (Å²) in [5.74, 6) is 0. The first-order valence-corrected chi connectivity index (χ1v) is 16.8. The highest BCUT2D eigenvalue weighted by molar-refractivity contribution is 7.65. The summed E-state index contributed by atoms with van der Waals surface area (Å²) in [5, 5.41) is 10.9. The Hall–Kier alpha value is -2.34. The molecule has 4 aromatic rings. The molecule has 0 spiro atoms. The largest absolute Gasteiger partial charge is 0.308 e. The lowest BCUT2D eigenvalue weighted by Gasteiger charge is -2.31. The average molecular weight is 513 g/mol. The zero-order chi connectivity index (χ0) is 25.0. The van der Waals surface area contributed by atoms with Crippen LogP contribution in [0.2, 0.25) is 0 Å². The van der Waals surface area contributed by atoms with Crippen molar-refractivity contribution in [1.29, 1.82) is 0 Å². The Morgan fingerprint density at radius 1 is 0.472 bits per heavy atom. The van der Waals surface area contributed by atoms with Crippen molar-refractivity contribution >= 4 is 26.5 Å². The second-order valence-corrected chi connectivity index (χ2v) is 13.9. The molecule has 0 amide bonds. The fourth-order valence-corrected chi connectivity index (χ4v) is 7.38. The van der Waals surface area contributed by atoms with Crippen molar-refractivity contribution in [1.82, 2.24) is 10.6 Å². The van der Waals surface area contributed by atoms with Gasteiger partial charge in [0.05, 0.1) is 12.1 Å². The molecule has 0 fully saturated rings. The van der Waals surface area contributed by atoms with Crippen LogP contribution in [0.25, 0.3) is 0 Å². The molecular formula is C32H38N2P2. The van der Waals surface area contributed by atoms with Gasteiger partial charge < -0.3 is 10.6 Å². The molecule has 0 aliphatic heterocycles. The minimum Gasteiger partial charge on any atom is -0.308 e. The lowest BCUT2D eigenvalue weighted by Crippen LogP contribution is -2.37. The van der Waals surface area contributed by atoms with E-state index in [0.29, 0.717) is 0 Å². The second-order valence-electron chi connectivity index (χ2n) is 9.20. The van der Waals surface area contributed by atoms with Gasteiger partial charge in [0.2, 0.25) is 0 Å². The summed E-state index contributed by atoms with van der Waals surface area (Å²) in [6, 6.07) is 44.2. The van der Waals surface area contributed by atoms with Crippen LogP contribution >= 0.6 is 15.8 Å². The smallest absolute Gasteiger partial charge is 0.0518 e. The van der Waals surface area contributed by atoms with Gasteiger partial charge in [-0.2, -0.15) is 0 Å². The Morgan fingerprint density at radius 3 is 1.11 bits per heavy atom. The molecule has 0 saturated heterocycles. The molecule has 0 bridgehead atoms. The molecule has 36 heavy (non-hydrogen) atoms. The summed E-state index contributed by atoms with van der Waals surface area (Å²) in [6.45, 7) is 6.77. The topological polar surface area (TPSA) is 24.1 Å². The highest BCUT2D eigenvalue weighted by Gasteiger charge is 2.24. The molecule has 0 aliphatic carbocycles. The van der Waals surface area contributed by atoms with Gasteiger partial charge in [0, 0.05) is 0 Å². The van der Waals surface area contributed by atoms with E-state index in [1.165, 1.54) is 34.1 Å². The van der Waals surface area contributed by atoms with Gasteiger partial charge in [-0.25, -0.2) is 0 Å². The van der Waals surface area contributed by atoms with Crippen LogP contribution in [0, 0.1) is 0 Å². The molecule has 0 aliphatic rings. The Bertz CT molecular complexity index is 1030. The highest BCUT2D eigenvalue weighted by Crippen LogP contribution is 2.33. The molecule has 0 saturated carbocycles. The van der Waals surface area contributed by atoms with Crippen molar-refractivity contribution in [2.24, 2.45) is 0 Å². The van der Waals surface area contributed by atoms with E-state index in [0.717, 1.165) is 13.1 Å². The van der Waals surface area contributed by atoms with Crippen molar-refractivity contribution in [3.05, 3.63) is 132 Å². The molecule has 4 aromatic carbocycles.